The van der Waals surface area contributed by atoms with Gasteiger partial charge in [-0.25, -0.2) is 8.42 Å². The first-order valence-corrected chi connectivity index (χ1v) is 12.6. The van der Waals surface area contributed by atoms with Gasteiger partial charge in [0.1, 0.15) is 0 Å². The second-order valence-corrected chi connectivity index (χ2v) is 10.4. The summed E-state index contributed by atoms with van der Waals surface area (Å²) in [6.45, 7) is 3.54. The summed E-state index contributed by atoms with van der Waals surface area (Å²) in [4.78, 5) is 2.50. The van der Waals surface area contributed by atoms with Gasteiger partial charge in [0.15, 0.2) is 5.11 Å². The molecule has 0 aromatic heterocycles. The van der Waals surface area contributed by atoms with Crippen LogP contribution in [-0.2, 0) is 21.2 Å². The van der Waals surface area contributed by atoms with E-state index in [-0.39, 0.29) is 0 Å². The highest BCUT2D eigenvalue weighted by Crippen LogP contribution is 2.23. The van der Waals surface area contributed by atoms with Gasteiger partial charge in [0, 0.05) is 31.9 Å². The lowest BCUT2D eigenvalue weighted by Gasteiger charge is -2.34. The zero-order chi connectivity index (χ0) is 21.7. The van der Waals surface area contributed by atoms with Gasteiger partial charge in [-0.1, -0.05) is 30.3 Å². The van der Waals surface area contributed by atoms with Crippen LogP contribution in [0.25, 0.3) is 0 Å². The predicted molar refractivity (Wildman–Crippen MR) is 127 cm³/mol. The fraction of sp³-hybridized carbons (Fsp3) is 0.435. The molecule has 0 radical (unpaired) electrons. The van der Waals surface area contributed by atoms with Crippen LogP contribution in [0.1, 0.15) is 18.4 Å². The molecule has 2 aromatic rings. The molecule has 0 aliphatic carbocycles. The molecule has 166 valence electrons. The van der Waals surface area contributed by atoms with Gasteiger partial charge >= 0.3 is 0 Å². The summed E-state index contributed by atoms with van der Waals surface area (Å²) in [6.07, 6.45) is 3.36. The number of ether oxygens (including phenoxy) is 1. The number of hydrogen-bond acceptors (Lipinski definition) is 4. The molecule has 2 saturated heterocycles. The number of likely N-dealkylation sites (tertiary alicyclic amines) is 1. The number of sulfonamides is 1. The van der Waals surface area contributed by atoms with Crippen molar-refractivity contribution in [1.82, 2.24) is 9.21 Å². The lowest BCUT2D eigenvalue weighted by atomic mass is 9.90. The van der Waals surface area contributed by atoms with E-state index >= 15 is 0 Å². The zero-order valence-electron chi connectivity index (χ0n) is 17.6. The Labute approximate surface area is 190 Å². The molecule has 2 aromatic carbocycles. The molecule has 2 aliphatic rings. The van der Waals surface area contributed by atoms with E-state index < -0.39 is 10.0 Å². The van der Waals surface area contributed by atoms with E-state index in [2.05, 4.69) is 40.5 Å². The van der Waals surface area contributed by atoms with Crippen LogP contribution >= 0.6 is 12.2 Å². The van der Waals surface area contributed by atoms with Gasteiger partial charge in [0.2, 0.25) is 10.0 Å². The number of thiocarbonyl (C=S) groups is 1. The Morgan fingerprint density at radius 3 is 2.26 bits per heavy atom. The van der Waals surface area contributed by atoms with E-state index in [1.165, 1.54) is 9.87 Å². The van der Waals surface area contributed by atoms with Crippen molar-refractivity contribution in [3.63, 3.8) is 0 Å². The van der Waals surface area contributed by atoms with Gasteiger partial charge in [-0.05, 0) is 67.2 Å². The Balaban J connectivity index is 1.29. The van der Waals surface area contributed by atoms with Crippen molar-refractivity contribution in [2.45, 2.75) is 24.2 Å². The van der Waals surface area contributed by atoms with E-state index in [1.807, 2.05) is 0 Å². The standard InChI is InChI=1S/C23H29N3O3S2/c27-31(28,26-14-16-29-17-15-26)22-8-6-21(7-9-22)24-23(30)25-12-10-20(11-13-25)18-19-4-2-1-3-5-19/h1-9,20H,10-18H2,(H,24,30). The first-order chi connectivity index (χ1) is 15.0. The van der Waals surface area contributed by atoms with Crippen LogP contribution in [0.4, 0.5) is 5.69 Å². The summed E-state index contributed by atoms with van der Waals surface area (Å²) in [5, 5.41) is 3.96. The molecule has 0 bridgehead atoms. The second kappa shape index (κ2) is 10.1. The van der Waals surface area contributed by atoms with Crippen LogP contribution in [0.2, 0.25) is 0 Å². The normalized spacial score (nSPS) is 18.6. The SMILES string of the molecule is O=S(=O)(c1ccc(NC(=S)N2CCC(Cc3ccccc3)CC2)cc1)N1CCOCC1. The summed E-state index contributed by atoms with van der Waals surface area (Å²) in [5.74, 6) is 0.686. The quantitative estimate of drug-likeness (QED) is 0.692. The Bertz CT molecular complexity index is 967. The van der Waals surface area contributed by atoms with E-state index in [4.69, 9.17) is 17.0 Å². The van der Waals surface area contributed by atoms with Crippen LogP contribution in [0.15, 0.2) is 59.5 Å². The number of nitrogens with zero attached hydrogens (tertiary/aromatic N) is 2. The molecule has 0 unspecified atom stereocenters. The van der Waals surface area contributed by atoms with Crippen LogP contribution in [0, 0.1) is 5.92 Å². The van der Waals surface area contributed by atoms with Crippen LogP contribution in [-0.4, -0.2) is 62.1 Å². The minimum Gasteiger partial charge on any atom is -0.379 e. The van der Waals surface area contributed by atoms with Gasteiger partial charge < -0.3 is 15.0 Å². The maximum atomic E-state index is 12.7. The van der Waals surface area contributed by atoms with Crippen molar-refractivity contribution in [1.29, 1.82) is 0 Å². The molecule has 0 amide bonds. The van der Waals surface area contributed by atoms with Gasteiger partial charge in [-0.3, -0.25) is 0 Å². The number of rotatable bonds is 5. The molecule has 6 nitrogen and oxygen atoms in total. The molecular formula is C23H29N3O3S2. The van der Waals surface area contributed by atoms with Crippen molar-refractivity contribution in [3.8, 4) is 0 Å². The molecule has 4 rings (SSSR count). The number of anilines is 1. The van der Waals surface area contributed by atoms with Crippen molar-refractivity contribution in [3.05, 3.63) is 60.2 Å². The average Bonchev–Trinajstić information content (AvgIpc) is 2.81. The smallest absolute Gasteiger partial charge is 0.243 e. The summed E-state index contributed by atoms with van der Waals surface area (Å²) in [7, 11) is -3.48. The van der Waals surface area contributed by atoms with Crippen molar-refractivity contribution in [2.75, 3.05) is 44.7 Å². The lowest BCUT2D eigenvalue weighted by molar-refractivity contribution is 0.0730. The van der Waals surface area contributed by atoms with Gasteiger partial charge in [-0.15, -0.1) is 0 Å². The van der Waals surface area contributed by atoms with Crippen LogP contribution in [0.3, 0.4) is 0 Å². The molecule has 0 saturated carbocycles. The monoisotopic (exact) mass is 459 g/mol. The van der Waals surface area contributed by atoms with Gasteiger partial charge in [0.25, 0.3) is 0 Å². The second-order valence-electron chi connectivity index (χ2n) is 8.09. The topological polar surface area (TPSA) is 61.9 Å². The van der Waals surface area contributed by atoms with E-state index in [0.717, 1.165) is 38.0 Å². The summed E-state index contributed by atoms with van der Waals surface area (Å²) < 4.78 is 32.2. The third-order valence-electron chi connectivity index (χ3n) is 5.98. The summed E-state index contributed by atoms with van der Waals surface area (Å²) in [5.41, 5.74) is 2.20. The Kier molecular flexibility index (Phi) is 7.22. The van der Waals surface area contributed by atoms with Crippen molar-refractivity contribution in [2.24, 2.45) is 5.92 Å². The van der Waals surface area contributed by atoms with Crippen molar-refractivity contribution < 1.29 is 13.2 Å². The molecule has 0 spiro atoms. The molecule has 2 aliphatic heterocycles. The first-order valence-electron chi connectivity index (χ1n) is 10.8. The maximum Gasteiger partial charge on any atom is 0.243 e. The van der Waals surface area contributed by atoms with Crippen molar-refractivity contribution >= 4 is 33.0 Å². The van der Waals surface area contributed by atoms with Crippen LogP contribution in [0.5, 0.6) is 0 Å². The van der Waals surface area contributed by atoms with Gasteiger partial charge in [-0.2, -0.15) is 4.31 Å². The highest BCUT2D eigenvalue weighted by Gasteiger charge is 2.26. The number of benzene rings is 2. The lowest BCUT2D eigenvalue weighted by Crippen LogP contribution is -2.41. The third-order valence-corrected chi connectivity index (χ3v) is 8.26. The fourth-order valence-corrected chi connectivity index (χ4v) is 5.84. The molecular weight excluding hydrogens is 430 g/mol. The number of morpholine rings is 1. The van der Waals surface area contributed by atoms with E-state index in [1.54, 1.807) is 24.3 Å². The summed E-state index contributed by atoms with van der Waals surface area (Å²) >= 11 is 5.61. The number of piperidine rings is 1. The fourth-order valence-electron chi connectivity index (χ4n) is 4.14. The molecule has 1 N–H and O–H groups in total. The van der Waals surface area contributed by atoms with E-state index in [0.29, 0.717) is 42.2 Å². The molecule has 8 heteroatoms. The molecule has 0 atom stereocenters. The van der Waals surface area contributed by atoms with E-state index in [9.17, 15) is 8.42 Å². The summed E-state index contributed by atoms with van der Waals surface area (Å²) in [6, 6.07) is 17.5. The largest absolute Gasteiger partial charge is 0.379 e. The highest BCUT2D eigenvalue weighted by atomic mass is 32.2. The minimum atomic E-state index is -3.48. The van der Waals surface area contributed by atoms with Gasteiger partial charge in [0.05, 0.1) is 18.1 Å². The zero-order valence-corrected chi connectivity index (χ0v) is 19.2. The third kappa shape index (κ3) is 5.63. The van der Waals surface area contributed by atoms with Crippen LogP contribution < -0.4 is 5.32 Å². The Morgan fingerprint density at radius 2 is 1.61 bits per heavy atom. The predicted octanol–water partition coefficient (Wildman–Crippen LogP) is 3.36. The molecule has 2 heterocycles. The minimum absolute atomic E-state index is 0.299. The highest BCUT2D eigenvalue weighted by molar-refractivity contribution is 7.89. The molecule has 31 heavy (non-hydrogen) atoms. The maximum absolute atomic E-state index is 12.7. The average molecular weight is 460 g/mol. The Hall–Kier alpha value is -2.00. The Morgan fingerprint density at radius 1 is 0.968 bits per heavy atom. The number of hydrogen-bond donors (Lipinski definition) is 1. The molecule has 2 fully saturated rings. The first kappa shape index (κ1) is 22.2. The number of nitrogens with one attached hydrogen (secondary N) is 1.